The number of nitrogens with zero attached hydrogens (tertiary/aromatic N) is 1. The van der Waals surface area contributed by atoms with Crippen LogP contribution in [0.15, 0.2) is 24.3 Å². The van der Waals surface area contributed by atoms with Crippen molar-refractivity contribution in [3.8, 4) is 0 Å². The Morgan fingerprint density at radius 2 is 2.00 bits per heavy atom. The van der Waals surface area contributed by atoms with E-state index in [0.29, 0.717) is 13.0 Å². The summed E-state index contributed by atoms with van der Waals surface area (Å²) in [5.74, 6) is -1.25. The van der Waals surface area contributed by atoms with Gasteiger partial charge in [-0.1, -0.05) is 24.3 Å². The molecule has 0 fully saturated rings. The van der Waals surface area contributed by atoms with Gasteiger partial charge in [-0.05, 0) is 25.0 Å². The fraction of sp³-hybridized carbons (Fsp3) is 0.467. The van der Waals surface area contributed by atoms with Crippen LogP contribution in [0.3, 0.4) is 0 Å². The molecule has 1 amide bonds. The summed E-state index contributed by atoms with van der Waals surface area (Å²) in [7, 11) is 0. The lowest BCUT2D eigenvalue weighted by Gasteiger charge is -2.34. The van der Waals surface area contributed by atoms with E-state index in [2.05, 4.69) is 0 Å². The Bertz CT molecular complexity index is 512. The van der Waals surface area contributed by atoms with Gasteiger partial charge in [-0.25, -0.2) is 4.79 Å². The Morgan fingerprint density at radius 3 is 2.60 bits per heavy atom. The molecule has 1 aliphatic rings. The van der Waals surface area contributed by atoms with Gasteiger partial charge in [0.1, 0.15) is 12.6 Å². The van der Waals surface area contributed by atoms with Crippen LogP contribution in [0.25, 0.3) is 0 Å². The standard InChI is InChI=1S/C15H19NO4/c1-10(2)20-9-14(17)16-8-12-6-4-3-5-11(12)7-13(16)15(18)19/h3-6,10,13H,7-9H2,1-2H3,(H,18,19)/t13-/m1/s1. The zero-order valence-electron chi connectivity index (χ0n) is 11.7. The first-order valence-corrected chi connectivity index (χ1v) is 6.69. The number of carboxylic acid groups (broad SMARTS) is 1. The monoisotopic (exact) mass is 277 g/mol. The molecule has 0 bridgehead atoms. The predicted octanol–water partition coefficient (Wildman–Crippen LogP) is 1.45. The van der Waals surface area contributed by atoms with Gasteiger partial charge in [-0.2, -0.15) is 0 Å². The maximum atomic E-state index is 12.2. The van der Waals surface area contributed by atoms with Gasteiger partial charge in [-0.15, -0.1) is 0 Å². The van der Waals surface area contributed by atoms with E-state index in [9.17, 15) is 14.7 Å². The van der Waals surface area contributed by atoms with Crippen LogP contribution in [0.4, 0.5) is 0 Å². The summed E-state index contributed by atoms with van der Waals surface area (Å²) >= 11 is 0. The van der Waals surface area contributed by atoms with E-state index < -0.39 is 12.0 Å². The number of carbonyl (C=O) groups excluding carboxylic acids is 1. The van der Waals surface area contributed by atoms with E-state index in [0.717, 1.165) is 11.1 Å². The summed E-state index contributed by atoms with van der Waals surface area (Å²) in [6.07, 6.45) is 0.290. The molecule has 0 spiro atoms. The Morgan fingerprint density at radius 1 is 1.35 bits per heavy atom. The molecule has 1 aromatic carbocycles. The number of benzene rings is 1. The average Bonchev–Trinajstić information content (AvgIpc) is 2.43. The molecular weight excluding hydrogens is 258 g/mol. The van der Waals surface area contributed by atoms with Crippen molar-refractivity contribution in [2.45, 2.75) is 39.0 Å². The lowest BCUT2D eigenvalue weighted by Crippen LogP contribution is -2.50. The van der Waals surface area contributed by atoms with Gasteiger partial charge in [0.05, 0.1) is 6.10 Å². The fourth-order valence-electron chi connectivity index (χ4n) is 2.33. The number of carbonyl (C=O) groups is 2. The number of hydrogen-bond acceptors (Lipinski definition) is 3. The Hall–Kier alpha value is -1.88. The summed E-state index contributed by atoms with van der Waals surface area (Å²) in [6, 6.07) is 6.81. The van der Waals surface area contributed by atoms with Gasteiger partial charge in [0.2, 0.25) is 5.91 Å². The molecule has 1 heterocycles. The van der Waals surface area contributed by atoms with Crippen LogP contribution in [0, 0.1) is 0 Å². The highest BCUT2D eigenvalue weighted by Gasteiger charge is 2.34. The molecule has 108 valence electrons. The summed E-state index contributed by atoms with van der Waals surface area (Å²) in [5, 5.41) is 9.33. The molecule has 5 nitrogen and oxygen atoms in total. The van der Waals surface area contributed by atoms with Crippen LogP contribution in [0.1, 0.15) is 25.0 Å². The van der Waals surface area contributed by atoms with Gasteiger partial charge in [0.15, 0.2) is 0 Å². The van der Waals surface area contributed by atoms with Crippen LogP contribution >= 0.6 is 0 Å². The second-order valence-corrected chi connectivity index (χ2v) is 5.21. The van der Waals surface area contributed by atoms with Gasteiger partial charge in [0, 0.05) is 13.0 Å². The SMILES string of the molecule is CC(C)OCC(=O)N1Cc2ccccc2C[C@@H]1C(=O)O. The van der Waals surface area contributed by atoms with Gasteiger partial charge < -0.3 is 14.7 Å². The van der Waals surface area contributed by atoms with Crippen LogP contribution in [-0.4, -0.2) is 40.6 Å². The third-order valence-electron chi connectivity index (χ3n) is 3.39. The topological polar surface area (TPSA) is 66.8 Å². The van der Waals surface area contributed by atoms with E-state index in [-0.39, 0.29) is 18.6 Å². The van der Waals surface area contributed by atoms with Crippen molar-refractivity contribution in [1.29, 1.82) is 0 Å². The van der Waals surface area contributed by atoms with E-state index in [1.54, 1.807) is 0 Å². The number of fused-ring (bicyclic) bond motifs is 1. The minimum Gasteiger partial charge on any atom is -0.480 e. The normalized spacial score (nSPS) is 17.9. The Kier molecular flexibility index (Phi) is 4.39. The number of rotatable bonds is 4. The minimum atomic E-state index is -0.975. The van der Waals surface area contributed by atoms with Crippen molar-refractivity contribution in [3.63, 3.8) is 0 Å². The van der Waals surface area contributed by atoms with Crippen molar-refractivity contribution in [3.05, 3.63) is 35.4 Å². The molecule has 20 heavy (non-hydrogen) atoms. The van der Waals surface area contributed by atoms with E-state index in [1.807, 2.05) is 38.1 Å². The molecular formula is C15H19NO4. The van der Waals surface area contributed by atoms with Crippen molar-refractivity contribution in [1.82, 2.24) is 4.90 Å². The summed E-state index contributed by atoms with van der Waals surface area (Å²) in [5.41, 5.74) is 2.00. The predicted molar refractivity (Wildman–Crippen MR) is 73.2 cm³/mol. The van der Waals surface area contributed by atoms with E-state index in [1.165, 1.54) is 4.90 Å². The molecule has 2 rings (SSSR count). The molecule has 0 aliphatic carbocycles. The highest BCUT2D eigenvalue weighted by atomic mass is 16.5. The maximum absolute atomic E-state index is 12.2. The number of amides is 1. The number of hydrogen-bond donors (Lipinski definition) is 1. The lowest BCUT2D eigenvalue weighted by atomic mass is 9.94. The Labute approximate surface area is 118 Å². The quantitative estimate of drug-likeness (QED) is 0.904. The molecule has 1 N–H and O–H groups in total. The molecule has 0 saturated carbocycles. The summed E-state index contributed by atoms with van der Waals surface area (Å²) < 4.78 is 5.29. The zero-order chi connectivity index (χ0) is 14.7. The average molecular weight is 277 g/mol. The van der Waals surface area contributed by atoms with Crippen LogP contribution < -0.4 is 0 Å². The number of ether oxygens (including phenoxy) is 1. The van der Waals surface area contributed by atoms with Gasteiger partial charge in [0.25, 0.3) is 0 Å². The van der Waals surface area contributed by atoms with E-state index in [4.69, 9.17) is 4.74 Å². The van der Waals surface area contributed by atoms with Crippen molar-refractivity contribution >= 4 is 11.9 Å². The first-order chi connectivity index (χ1) is 9.49. The zero-order valence-corrected chi connectivity index (χ0v) is 11.7. The number of aliphatic carboxylic acids is 1. The molecule has 0 saturated heterocycles. The third-order valence-corrected chi connectivity index (χ3v) is 3.39. The molecule has 0 aromatic heterocycles. The van der Waals surface area contributed by atoms with Crippen LogP contribution in [0.2, 0.25) is 0 Å². The number of carboxylic acids is 1. The molecule has 1 atom stereocenters. The second kappa shape index (κ2) is 6.05. The second-order valence-electron chi connectivity index (χ2n) is 5.21. The highest BCUT2D eigenvalue weighted by molar-refractivity contribution is 5.85. The largest absolute Gasteiger partial charge is 0.480 e. The van der Waals surface area contributed by atoms with Gasteiger partial charge >= 0.3 is 5.97 Å². The summed E-state index contributed by atoms with van der Waals surface area (Å²) in [4.78, 5) is 24.9. The minimum absolute atomic E-state index is 0.0562. The first-order valence-electron chi connectivity index (χ1n) is 6.69. The maximum Gasteiger partial charge on any atom is 0.326 e. The summed E-state index contributed by atoms with van der Waals surface area (Å²) in [6.45, 7) is 3.93. The molecule has 5 heteroatoms. The molecule has 1 aromatic rings. The molecule has 0 radical (unpaired) electrons. The van der Waals surface area contributed by atoms with Crippen LogP contribution in [-0.2, 0) is 27.3 Å². The first kappa shape index (κ1) is 14.5. The van der Waals surface area contributed by atoms with E-state index >= 15 is 0 Å². The molecule has 0 unspecified atom stereocenters. The third kappa shape index (κ3) is 3.17. The Balaban J connectivity index is 2.18. The van der Waals surface area contributed by atoms with Gasteiger partial charge in [-0.3, -0.25) is 4.79 Å². The van der Waals surface area contributed by atoms with Crippen molar-refractivity contribution in [2.24, 2.45) is 0 Å². The lowest BCUT2D eigenvalue weighted by molar-refractivity contribution is -0.154. The highest BCUT2D eigenvalue weighted by Crippen LogP contribution is 2.23. The fourth-order valence-corrected chi connectivity index (χ4v) is 2.33. The molecule has 1 aliphatic heterocycles. The van der Waals surface area contributed by atoms with Crippen LogP contribution in [0.5, 0.6) is 0 Å². The smallest absolute Gasteiger partial charge is 0.326 e. The van der Waals surface area contributed by atoms with Crippen molar-refractivity contribution < 1.29 is 19.4 Å². The van der Waals surface area contributed by atoms with Crippen molar-refractivity contribution in [2.75, 3.05) is 6.61 Å².